The fourth-order valence-electron chi connectivity index (χ4n) is 3.18. The van der Waals surface area contributed by atoms with Gasteiger partial charge in [-0.15, -0.1) is 0 Å². The number of hydrazone groups is 1. The number of fused-ring (bicyclic) bond motifs is 1. The maximum atomic E-state index is 12.1. The van der Waals surface area contributed by atoms with Gasteiger partial charge in [-0.3, -0.25) is 4.79 Å². The van der Waals surface area contributed by atoms with Crippen LogP contribution in [0.4, 0.5) is 0 Å². The summed E-state index contributed by atoms with van der Waals surface area (Å²) in [5.74, 6) is 0.335. The van der Waals surface area contributed by atoms with Crippen LogP contribution in [0.25, 0.3) is 21.9 Å². The number of amides is 1. The molecule has 0 saturated heterocycles. The molecule has 0 atom stereocenters. The number of nitrogens with zero attached hydrogens (tertiary/aromatic N) is 1. The van der Waals surface area contributed by atoms with E-state index in [4.69, 9.17) is 4.74 Å². The number of rotatable bonds is 6. The molecule has 4 heteroatoms. The van der Waals surface area contributed by atoms with Crippen LogP contribution in [0.1, 0.15) is 12.5 Å². The fraction of sp³-hybridized carbons (Fsp3) is 0.0769. The molecule has 4 aromatic rings. The van der Waals surface area contributed by atoms with Crippen LogP contribution in [0, 0.1) is 0 Å². The standard InChI is InChI=1S/C26H22N2O2/c1-19(23-12-11-21-9-5-6-10-24(21)17-23)27-28-26(29)18-30-25-15-13-22(14-16-25)20-7-3-2-4-8-20/h2-17H,18H2,1H3,(H,28,29). The lowest BCUT2D eigenvalue weighted by Crippen LogP contribution is -2.25. The van der Waals surface area contributed by atoms with E-state index in [1.54, 1.807) is 0 Å². The highest BCUT2D eigenvalue weighted by Gasteiger charge is 2.05. The lowest BCUT2D eigenvalue weighted by molar-refractivity contribution is -0.123. The number of carbonyl (C=O) groups is 1. The summed E-state index contributed by atoms with van der Waals surface area (Å²) in [5, 5.41) is 6.51. The lowest BCUT2D eigenvalue weighted by atomic mass is 10.0. The fourth-order valence-corrected chi connectivity index (χ4v) is 3.18. The minimum Gasteiger partial charge on any atom is -0.484 e. The lowest BCUT2D eigenvalue weighted by Gasteiger charge is -2.07. The van der Waals surface area contributed by atoms with E-state index in [0.717, 1.165) is 27.8 Å². The Morgan fingerprint density at radius 2 is 1.47 bits per heavy atom. The second kappa shape index (κ2) is 9.05. The second-order valence-corrected chi connectivity index (χ2v) is 6.97. The number of nitrogens with one attached hydrogen (secondary N) is 1. The van der Waals surface area contributed by atoms with Crippen LogP contribution in [0.3, 0.4) is 0 Å². The van der Waals surface area contributed by atoms with Crippen molar-refractivity contribution in [1.29, 1.82) is 0 Å². The maximum absolute atomic E-state index is 12.1. The Bertz CT molecular complexity index is 1180. The average Bonchev–Trinajstić information content (AvgIpc) is 2.81. The van der Waals surface area contributed by atoms with E-state index in [1.807, 2.05) is 73.7 Å². The van der Waals surface area contributed by atoms with Gasteiger partial charge in [0.2, 0.25) is 0 Å². The molecule has 1 N–H and O–H groups in total. The summed E-state index contributed by atoms with van der Waals surface area (Å²) < 4.78 is 5.57. The molecule has 0 aliphatic carbocycles. The van der Waals surface area contributed by atoms with Crippen molar-refractivity contribution in [1.82, 2.24) is 5.43 Å². The van der Waals surface area contributed by atoms with Crippen LogP contribution in [0.2, 0.25) is 0 Å². The van der Waals surface area contributed by atoms with Crippen LogP contribution in [0.15, 0.2) is 102 Å². The molecule has 0 heterocycles. The largest absolute Gasteiger partial charge is 0.484 e. The second-order valence-electron chi connectivity index (χ2n) is 6.97. The number of benzene rings is 4. The first-order valence-corrected chi connectivity index (χ1v) is 9.80. The summed E-state index contributed by atoms with van der Waals surface area (Å²) in [4.78, 5) is 12.1. The Kier molecular flexibility index (Phi) is 5.85. The SMILES string of the molecule is CC(=NNC(=O)COc1ccc(-c2ccccc2)cc1)c1ccc2ccccc2c1. The Balaban J connectivity index is 1.33. The molecule has 0 unspecified atom stereocenters. The van der Waals surface area contributed by atoms with Crippen molar-refractivity contribution in [2.45, 2.75) is 6.92 Å². The first-order chi connectivity index (χ1) is 14.7. The molecule has 0 aliphatic heterocycles. The molecule has 4 aromatic carbocycles. The minimum atomic E-state index is -0.303. The minimum absolute atomic E-state index is 0.0980. The Labute approximate surface area is 175 Å². The van der Waals surface area contributed by atoms with Crippen LogP contribution >= 0.6 is 0 Å². The molecule has 0 aromatic heterocycles. The van der Waals surface area contributed by atoms with Gasteiger partial charge in [-0.1, -0.05) is 78.9 Å². The summed E-state index contributed by atoms with van der Waals surface area (Å²) in [6.45, 7) is 1.77. The van der Waals surface area contributed by atoms with Crippen molar-refractivity contribution in [3.63, 3.8) is 0 Å². The van der Waals surface area contributed by atoms with Crippen molar-refractivity contribution in [2.24, 2.45) is 5.10 Å². The molecule has 30 heavy (non-hydrogen) atoms. The molecule has 1 amide bonds. The number of hydrogen-bond donors (Lipinski definition) is 1. The van der Waals surface area contributed by atoms with Crippen molar-refractivity contribution < 1.29 is 9.53 Å². The molecular weight excluding hydrogens is 372 g/mol. The van der Waals surface area contributed by atoms with E-state index in [9.17, 15) is 4.79 Å². The normalized spacial score (nSPS) is 11.3. The number of carbonyl (C=O) groups excluding carboxylic acids is 1. The van der Waals surface area contributed by atoms with Gasteiger partial charge in [0.15, 0.2) is 6.61 Å². The van der Waals surface area contributed by atoms with Gasteiger partial charge in [0.05, 0.1) is 5.71 Å². The Hall–Kier alpha value is -3.92. The zero-order valence-corrected chi connectivity index (χ0v) is 16.7. The monoisotopic (exact) mass is 394 g/mol. The first-order valence-electron chi connectivity index (χ1n) is 9.80. The van der Waals surface area contributed by atoms with E-state index in [0.29, 0.717) is 5.75 Å². The zero-order chi connectivity index (χ0) is 20.8. The van der Waals surface area contributed by atoms with Gasteiger partial charge in [-0.25, -0.2) is 5.43 Å². The summed E-state index contributed by atoms with van der Waals surface area (Å²) >= 11 is 0. The van der Waals surface area contributed by atoms with Gasteiger partial charge < -0.3 is 4.74 Å². The van der Waals surface area contributed by atoms with Gasteiger partial charge in [0.1, 0.15) is 5.75 Å². The molecule has 0 saturated carbocycles. The third-order valence-electron chi connectivity index (χ3n) is 4.85. The van der Waals surface area contributed by atoms with E-state index in [2.05, 4.69) is 40.9 Å². The highest BCUT2D eigenvalue weighted by molar-refractivity contribution is 6.02. The topological polar surface area (TPSA) is 50.7 Å². The van der Waals surface area contributed by atoms with E-state index < -0.39 is 0 Å². The van der Waals surface area contributed by atoms with E-state index in [-0.39, 0.29) is 12.5 Å². The molecule has 0 radical (unpaired) electrons. The number of ether oxygens (including phenoxy) is 1. The zero-order valence-electron chi connectivity index (χ0n) is 16.7. The van der Waals surface area contributed by atoms with Crippen LogP contribution < -0.4 is 10.2 Å². The third-order valence-corrected chi connectivity index (χ3v) is 4.85. The number of hydrogen-bond acceptors (Lipinski definition) is 3. The smallest absolute Gasteiger partial charge is 0.277 e. The van der Waals surface area contributed by atoms with Crippen molar-refractivity contribution in [3.8, 4) is 16.9 Å². The van der Waals surface area contributed by atoms with Crippen LogP contribution in [-0.2, 0) is 4.79 Å². The molecule has 148 valence electrons. The quantitative estimate of drug-likeness (QED) is 0.350. The van der Waals surface area contributed by atoms with Gasteiger partial charge in [0.25, 0.3) is 5.91 Å². The molecular formula is C26H22N2O2. The van der Waals surface area contributed by atoms with Crippen molar-refractivity contribution >= 4 is 22.4 Å². The summed E-state index contributed by atoms with van der Waals surface area (Å²) in [5.41, 5.74) is 6.50. The highest BCUT2D eigenvalue weighted by atomic mass is 16.5. The predicted molar refractivity (Wildman–Crippen MR) is 122 cm³/mol. The van der Waals surface area contributed by atoms with Crippen LogP contribution in [-0.4, -0.2) is 18.2 Å². The molecule has 0 spiro atoms. The highest BCUT2D eigenvalue weighted by Crippen LogP contribution is 2.22. The molecule has 4 nitrogen and oxygen atoms in total. The maximum Gasteiger partial charge on any atom is 0.277 e. The van der Waals surface area contributed by atoms with Gasteiger partial charge in [0, 0.05) is 0 Å². The summed E-state index contributed by atoms with van der Waals surface area (Å²) in [6, 6.07) is 32.0. The van der Waals surface area contributed by atoms with E-state index >= 15 is 0 Å². The average molecular weight is 394 g/mol. The van der Waals surface area contributed by atoms with E-state index in [1.165, 1.54) is 5.39 Å². The van der Waals surface area contributed by atoms with Gasteiger partial charge in [-0.05, 0) is 52.6 Å². The van der Waals surface area contributed by atoms with Gasteiger partial charge >= 0.3 is 0 Å². The Morgan fingerprint density at radius 3 is 2.23 bits per heavy atom. The molecule has 4 rings (SSSR count). The van der Waals surface area contributed by atoms with Crippen molar-refractivity contribution in [3.05, 3.63) is 103 Å². The van der Waals surface area contributed by atoms with Crippen LogP contribution in [0.5, 0.6) is 5.75 Å². The first kappa shape index (κ1) is 19.4. The van der Waals surface area contributed by atoms with Crippen molar-refractivity contribution in [2.75, 3.05) is 6.61 Å². The molecule has 0 bridgehead atoms. The summed E-state index contributed by atoms with van der Waals surface area (Å²) in [6.07, 6.45) is 0. The summed E-state index contributed by atoms with van der Waals surface area (Å²) in [7, 11) is 0. The van der Waals surface area contributed by atoms with Gasteiger partial charge in [-0.2, -0.15) is 5.10 Å². The predicted octanol–water partition coefficient (Wildman–Crippen LogP) is 5.43. The molecule has 0 fully saturated rings. The third kappa shape index (κ3) is 4.73. The molecule has 0 aliphatic rings. The Morgan fingerprint density at radius 1 is 0.800 bits per heavy atom.